The fourth-order valence-electron chi connectivity index (χ4n) is 2.46. The van der Waals surface area contributed by atoms with Crippen molar-refractivity contribution in [3.8, 4) is 0 Å². The van der Waals surface area contributed by atoms with Crippen molar-refractivity contribution in [1.82, 2.24) is 14.9 Å². The lowest BCUT2D eigenvalue weighted by Gasteiger charge is -2.26. The van der Waals surface area contributed by atoms with Crippen LogP contribution in [0.15, 0.2) is 18.6 Å². The van der Waals surface area contributed by atoms with Gasteiger partial charge in [0, 0.05) is 6.04 Å². The van der Waals surface area contributed by atoms with Gasteiger partial charge in [-0.3, -0.25) is 0 Å². The highest BCUT2D eigenvalue weighted by Gasteiger charge is 2.25. The fourth-order valence-corrected chi connectivity index (χ4v) is 2.46. The van der Waals surface area contributed by atoms with Crippen molar-refractivity contribution in [3.63, 3.8) is 0 Å². The summed E-state index contributed by atoms with van der Waals surface area (Å²) in [4.78, 5) is 4.24. The normalized spacial score (nSPS) is 20.2. The Morgan fingerprint density at radius 1 is 1.56 bits per heavy atom. The Hall–Kier alpha value is -1.13. The van der Waals surface area contributed by atoms with Crippen LogP contribution >= 0.6 is 0 Å². The molecule has 0 radical (unpaired) electrons. The third kappa shape index (κ3) is 2.49. The number of aromatic nitrogens is 2. The molecule has 4 heteroatoms. The van der Waals surface area contributed by atoms with Gasteiger partial charge >= 0.3 is 0 Å². The zero-order valence-electron chi connectivity index (χ0n) is 11.5. The first-order valence-corrected chi connectivity index (χ1v) is 6.65. The summed E-state index contributed by atoms with van der Waals surface area (Å²) < 4.78 is 2.08. The zero-order valence-corrected chi connectivity index (χ0v) is 11.5. The predicted molar refractivity (Wildman–Crippen MR) is 73.3 cm³/mol. The molecule has 1 aromatic heterocycles. The van der Waals surface area contributed by atoms with Crippen LogP contribution in [-0.4, -0.2) is 33.9 Å². The Morgan fingerprint density at radius 3 is 3.00 bits per heavy atom. The van der Waals surface area contributed by atoms with E-state index in [0.29, 0.717) is 6.04 Å². The van der Waals surface area contributed by atoms with E-state index in [-0.39, 0.29) is 12.1 Å². The molecule has 0 aromatic carbocycles. The Labute approximate surface area is 109 Å². The van der Waals surface area contributed by atoms with Crippen molar-refractivity contribution >= 4 is 5.57 Å². The number of aliphatic hydroxyl groups excluding tert-OH is 1. The second-order valence-electron chi connectivity index (χ2n) is 5.54. The monoisotopic (exact) mass is 249 g/mol. The van der Waals surface area contributed by atoms with E-state index >= 15 is 0 Å². The van der Waals surface area contributed by atoms with E-state index in [1.807, 2.05) is 26.4 Å². The molecular formula is C14H23N3O. The van der Waals surface area contributed by atoms with E-state index in [2.05, 4.69) is 27.9 Å². The Morgan fingerprint density at radius 2 is 2.33 bits per heavy atom. The van der Waals surface area contributed by atoms with Crippen molar-refractivity contribution in [2.75, 3.05) is 13.2 Å². The maximum absolute atomic E-state index is 9.49. The molecule has 2 rings (SSSR count). The lowest BCUT2D eigenvalue weighted by atomic mass is 10.0. The van der Waals surface area contributed by atoms with Gasteiger partial charge < -0.3 is 15.0 Å². The summed E-state index contributed by atoms with van der Waals surface area (Å²) in [6, 6.07) is 0.547. The van der Waals surface area contributed by atoms with Gasteiger partial charge in [-0.15, -0.1) is 0 Å². The lowest BCUT2D eigenvalue weighted by Crippen LogP contribution is -2.31. The second kappa shape index (κ2) is 5.24. The van der Waals surface area contributed by atoms with Crippen molar-refractivity contribution in [2.24, 2.45) is 0 Å². The minimum Gasteiger partial charge on any atom is -0.394 e. The van der Waals surface area contributed by atoms with Crippen LogP contribution in [0.4, 0.5) is 0 Å². The zero-order chi connectivity index (χ0) is 13.2. The van der Waals surface area contributed by atoms with Crippen LogP contribution in [0.3, 0.4) is 0 Å². The van der Waals surface area contributed by atoms with Crippen LogP contribution in [0.1, 0.15) is 39.3 Å². The van der Waals surface area contributed by atoms with E-state index < -0.39 is 0 Å². The first-order chi connectivity index (χ1) is 8.58. The van der Waals surface area contributed by atoms with Gasteiger partial charge in [-0.05, 0) is 38.8 Å². The largest absolute Gasteiger partial charge is 0.394 e. The van der Waals surface area contributed by atoms with Gasteiger partial charge in [0.1, 0.15) is 0 Å². The van der Waals surface area contributed by atoms with Gasteiger partial charge in [0.25, 0.3) is 0 Å². The molecule has 1 atom stereocenters. The summed E-state index contributed by atoms with van der Waals surface area (Å²) in [5.41, 5.74) is 2.16. The molecule has 0 fully saturated rings. The molecule has 0 amide bonds. The van der Waals surface area contributed by atoms with Crippen molar-refractivity contribution in [3.05, 3.63) is 24.3 Å². The lowest BCUT2D eigenvalue weighted by molar-refractivity contribution is 0.163. The molecule has 1 aromatic rings. The number of nitrogens with zero attached hydrogens (tertiary/aromatic N) is 2. The molecule has 0 bridgehead atoms. The fraction of sp³-hybridized carbons (Fsp3) is 0.643. The summed E-state index contributed by atoms with van der Waals surface area (Å²) >= 11 is 0. The molecule has 0 saturated heterocycles. The van der Waals surface area contributed by atoms with Gasteiger partial charge in [0.15, 0.2) is 0 Å². The number of hydrogen-bond donors (Lipinski definition) is 2. The second-order valence-corrected chi connectivity index (χ2v) is 5.54. The van der Waals surface area contributed by atoms with Gasteiger partial charge in [-0.2, -0.15) is 0 Å². The molecule has 1 aliphatic rings. The number of imidazole rings is 1. The van der Waals surface area contributed by atoms with Crippen LogP contribution in [0, 0.1) is 0 Å². The average Bonchev–Trinajstić information content (AvgIpc) is 2.96. The quantitative estimate of drug-likeness (QED) is 0.836. The van der Waals surface area contributed by atoms with Crippen molar-refractivity contribution in [2.45, 2.75) is 45.2 Å². The standard InChI is InChI=1S/C14H23N3O/c1-4-16-12-6-5-11(7-12)13-8-15-10-17(13)14(2,3)9-18/h5,8,10,12,16,18H,4,6-7,9H2,1-3H3. The number of rotatable bonds is 5. The smallest absolute Gasteiger partial charge is 0.0956 e. The van der Waals surface area contributed by atoms with Crippen LogP contribution in [0.2, 0.25) is 0 Å². The maximum Gasteiger partial charge on any atom is 0.0956 e. The Bertz CT molecular complexity index is 434. The van der Waals surface area contributed by atoms with Crippen molar-refractivity contribution in [1.29, 1.82) is 0 Å². The topological polar surface area (TPSA) is 50.1 Å². The molecule has 0 aliphatic heterocycles. The third-order valence-electron chi connectivity index (χ3n) is 3.61. The molecule has 18 heavy (non-hydrogen) atoms. The van der Waals surface area contributed by atoms with Gasteiger partial charge in [-0.1, -0.05) is 13.0 Å². The van der Waals surface area contributed by atoms with Crippen molar-refractivity contribution < 1.29 is 5.11 Å². The van der Waals surface area contributed by atoms with Gasteiger partial charge in [0.2, 0.25) is 0 Å². The molecule has 0 saturated carbocycles. The van der Waals surface area contributed by atoms with Gasteiger partial charge in [0.05, 0.1) is 30.4 Å². The number of nitrogens with one attached hydrogen (secondary N) is 1. The SMILES string of the molecule is CCNC1CC=C(c2cncn2C(C)(C)CO)C1. The first-order valence-electron chi connectivity index (χ1n) is 6.65. The van der Waals surface area contributed by atoms with E-state index in [9.17, 15) is 5.11 Å². The minimum absolute atomic E-state index is 0.111. The van der Waals surface area contributed by atoms with Crippen LogP contribution in [0.5, 0.6) is 0 Å². The summed E-state index contributed by atoms with van der Waals surface area (Å²) in [6.45, 7) is 7.30. The van der Waals surface area contributed by atoms with E-state index in [4.69, 9.17) is 0 Å². The van der Waals surface area contributed by atoms with Crippen LogP contribution in [-0.2, 0) is 5.54 Å². The summed E-state index contributed by atoms with van der Waals surface area (Å²) in [6.07, 6.45) is 8.12. The van der Waals surface area contributed by atoms with E-state index in [1.54, 1.807) is 0 Å². The highest BCUT2D eigenvalue weighted by Crippen LogP contribution is 2.30. The average molecular weight is 249 g/mol. The summed E-state index contributed by atoms with van der Waals surface area (Å²) in [5, 5.41) is 13.0. The molecule has 1 aliphatic carbocycles. The molecule has 4 nitrogen and oxygen atoms in total. The van der Waals surface area contributed by atoms with Crippen LogP contribution < -0.4 is 5.32 Å². The molecule has 1 unspecified atom stereocenters. The Balaban J connectivity index is 2.19. The molecule has 100 valence electrons. The molecule has 2 N–H and O–H groups in total. The molecule has 1 heterocycles. The first kappa shape index (κ1) is 13.3. The Kier molecular flexibility index (Phi) is 3.88. The molecule has 0 spiro atoms. The van der Waals surface area contributed by atoms with E-state index in [0.717, 1.165) is 25.1 Å². The highest BCUT2D eigenvalue weighted by molar-refractivity contribution is 5.65. The summed E-state index contributed by atoms with van der Waals surface area (Å²) in [5.74, 6) is 0. The van der Waals surface area contributed by atoms with Gasteiger partial charge in [-0.25, -0.2) is 4.98 Å². The number of aliphatic hydroxyl groups is 1. The summed E-state index contributed by atoms with van der Waals surface area (Å²) in [7, 11) is 0. The van der Waals surface area contributed by atoms with Crippen LogP contribution in [0.25, 0.3) is 5.57 Å². The predicted octanol–water partition coefficient (Wildman–Crippen LogP) is 1.77. The van der Waals surface area contributed by atoms with E-state index in [1.165, 1.54) is 5.57 Å². The number of hydrogen-bond acceptors (Lipinski definition) is 3. The maximum atomic E-state index is 9.49. The molecular weight excluding hydrogens is 226 g/mol. The third-order valence-corrected chi connectivity index (χ3v) is 3.61. The highest BCUT2D eigenvalue weighted by atomic mass is 16.3. The minimum atomic E-state index is -0.303.